The maximum absolute atomic E-state index is 2.64. The smallest absolute Gasteiger partial charge is 0.0674 e. The molecule has 25 heavy (non-hydrogen) atoms. The lowest BCUT2D eigenvalue weighted by Gasteiger charge is -2.55. The molecule has 4 rings (SSSR count). The second-order valence-electron chi connectivity index (χ2n) is 8.30. The van der Waals surface area contributed by atoms with E-state index in [2.05, 4.69) is 100 Å². The summed E-state index contributed by atoms with van der Waals surface area (Å²) >= 11 is 0. The second-order valence-corrected chi connectivity index (χ2v) is 8.30. The van der Waals surface area contributed by atoms with E-state index in [0.717, 1.165) is 6.42 Å². The molecule has 1 heteroatoms. The molecule has 0 bridgehead atoms. The zero-order valence-electron chi connectivity index (χ0n) is 15.9. The molecule has 1 unspecified atom stereocenters. The van der Waals surface area contributed by atoms with Crippen molar-refractivity contribution in [3.8, 4) is 0 Å². The average Bonchev–Trinajstić information content (AvgIpc) is 2.55. The Morgan fingerprint density at radius 2 is 1.72 bits per heavy atom. The zero-order chi connectivity index (χ0) is 17.8. The molecule has 2 aliphatic rings. The Kier molecular flexibility index (Phi) is 3.47. The van der Waals surface area contributed by atoms with Gasteiger partial charge in [-0.3, -0.25) is 0 Å². The van der Waals surface area contributed by atoms with Crippen LogP contribution in [0.2, 0.25) is 0 Å². The number of hydrogen-bond acceptors (Lipinski definition) is 1. The molecule has 0 aromatic heterocycles. The Hall–Kier alpha value is -2.28. The SMILES string of the molecule is CC1=CC(C)(C)N(C2(C)CC=Cc3ccccc32)c2ccc(C)cc21. The van der Waals surface area contributed by atoms with Crippen molar-refractivity contribution in [3.05, 3.63) is 76.9 Å². The van der Waals surface area contributed by atoms with Gasteiger partial charge in [0.2, 0.25) is 0 Å². The third kappa shape index (κ3) is 2.37. The predicted molar refractivity (Wildman–Crippen MR) is 109 cm³/mol. The van der Waals surface area contributed by atoms with Crippen LogP contribution in [-0.4, -0.2) is 5.54 Å². The zero-order valence-corrected chi connectivity index (χ0v) is 15.9. The summed E-state index contributed by atoms with van der Waals surface area (Å²) in [7, 11) is 0. The van der Waals surface area contributed by atoms with Gasteiger partial charge in [0.05, 0.1) is 11.1 Å². The van der Waals surface area contributed by atoms with Crippen LogP contribution in [0.15, 0.2) is 54.6 Å². The van der Waals surface area contributed by atoms with Crippen molar-refractivity contribution in [2.75, 3.05) is 4.90 Å². The first-order chi connectivity index (χ1) is 11.8. The molecule has 2 aromatic carbocycles. The number of hydrogen-bond donors (Lipinski definition) is 0. The van der Waals surface area contributed by atoms with E-state index in [4.69, 9.17) is 0 Å². The highest BCUT2D eigenvalue weighted by atomic mass is 15.3. The summed E-state index contributed by atoms with van der Waals surface area (Å²) in [5, 5.41) is 0. The summed E-state index contributed by atoms with van der Waals surface area (Å²) in [5.41, 5.74) is 8.08. The molecule has 1 aliphatic heterocycles. The molecule has 0 fully saturated rings. The van der Waals surface area contributed by atoms with Crippen LogP contribution in [-0.2, 0) is 5.54 Å². The number of rotatable bonds is 1. The van der Waals surface area contributed by atoms with Crippen molar-refractivity contribution in [1.29, 1.82) is 0 Å². The third-order valence-corrected chi connectivity index (χ3v) is 5.81. The molecular formula is C24H27N. The lowest BCUT2D eigenvalue weighted by atomic mass is 9.75. The Bertz CT molecular complexity index is 900. The third-order valence-electron chi connectivity index (χ3n) is 5.81. The van der Waals surface area contributed by atoms with Gasteiger partial charge >= 0.3 is 0 Å². The molecule has 0 saturated carbocycles. The van der Waals surface area contributed by atoms with Gasteiger partial charge in [0, 0.05) is 11.3 Å². The molecule has 0 spiro atoms. The van der Waals surface area contributed by atoms with E-state index in [0.29, 0.717) is 0 Å². The van der Waals surface area contributed by atoms with Crippen molar-refractivity contribution in [1.82, 2.24) is 0 Å². The first-order valence-corrected chi connectivity index (χ1v) is 9.20. The van der Waals surface area contributed by atoms with Gasteiger partial charge in [-0.25, -0.2) is 0 Å². The molecule has 1 heterocycles. The lowest BCUT2D eigenvalue weighted by Crippen LogP contribution is -2.56. The summed E-state index contributed by atoms with van der Waals surface area (Å²) in [4.78, 5) is 2.64. The fraction of sp³-hybridized carbons (Fsp3) is 0.333. The van der Waals surface area contributed by atoms with E-state index in [-0.39, 0.29) is 11.1 Å². The Morgan fingerprint density at radius 1 is 0.960 bits per heavy atom. The fourth-order valence-corrected chi connectivity index (χ4v) is 4.92. The van der Waals surface area contributed by atoms with Crippen molar-refractivity contribution in [2.45, 2.75) is 52.1 Å². The number of fused-ring (bicyclic) bond motifs is 2. The fourth-order valence-electron chi connectivity index (χ4n) is 4.92. The van der Waals surface area contributed by atoms with E-state index in [1.54, 1.807) is 0 Å². The molecule has 128 valence electrons. The van der Waals surface area contributed by atoms with E-state index in [9.17, 15) is 0 Å². The minimum Gasteiger partial charge on any atom is -0.353 e. The van der Waals surface area contributed by atoms with Gasteiger partial charge in [-0.1, -0.05) is 54.1 Å². The number of nitrogens with zero attached hydrogens (tertiary/aromatic N) is 1. The largest absolute Gasteiger partial charge is 0.353 e. The summed E-state index contributed by atoms with van der Waals surface area (Å²) < 4.78 is 0. The summed E-state index contributed by atoms with van der Waals surface area (Å²) in [5.74, 6) is 0. The number of aryl methyl sites for hydroxylation is 1. The van der Waals surface area contributed by atoms with Crippen LogP contribution in [0.4, 0.5) is 5.69 Å². The number of benzene rings is 2. The van der Waals surface area contributed by atoms with Crippen LogP contribution in [0, 0.1) is 6.92 Å². The van der Waals surface area contributed by atoms with E-state index >= 15 is 0 Å². The van der Waals surface area contributed by atoms with Crippen molar-refractivity contribution >= 4 is 17.3 Å². The van der Waals surface area contributed by atoms with Gasteiger partial charge in [-0.2, -0.15) is 0 Å². The van der Waals surface area contributed by atoms with Crippen LogP contribution in [0.3, 0.4) is 0 Å². The molecular weight excluding hydrogens is 302 g/mol. The molecule has 2 aromatic rings. The van der Waals surface area contributed by atoms with E-state index in [1.807, 2.05) is 0 Å². The van der Waals surface area contributed by atoms with Gasteiger partial charge in [0.25, 0.3) is 0 Å². The molecule has 1 aliphatic carbocycles. The average molecular weight is 329 g/mol. The highest BCUT2D eigenvalue weighted by Crippen LogP contribution is 2.49. The van der Waals surface area contributed by atoms with Crippen LogP contribution < -0.4 is 4.90 Å². The topological polar surface area (TPSA) is 3.24 Å². The quantitative estimate of drug-likeness (QED) is 0.591. The number of anilines is 1. The summed E-state index contributed by atoms with van der Waals surface area (Å²) in [6, 6.07) is 15.7. The normalized spacial score (nSPS) is 23.7. The summed E-state index contributed by atoms with van der Waals surface area (Å²) in [6.07, 6.45) is 8.05. The Balaban J connectivity index is 1.97. The van der Waals surface area contributed by atoms with Crippen molar-refractivity contribution < 1.29 is 0 Å². The maximum atomic E-state index is 2.64. The molecule has 1 atom stereocenters. The van der Waals surface area contributed by atoms with Crippen LogP contribution in [0.1, 0.15) is 56.4 Å². The van der Waals surface area contributed by atoms with Gasteiger partial charge in [0.1, 0.15) is 0 Å². The molecule has 0 radical (unpaired) electrons. The molecule has 1 nitrogen and oxygen atoms in total. The predicted octanol–water partition coefficient (Wildman–Crippen LogP) is 6.33. The van der Waals surface area contributed by atoms with E-state index < -0.39 is 0 Å². The first-order valence-electron chi connectivity index (χ1n) is 9.20. The monoisotopic (exact) mass is 329 g/mol. The lowest BCUT2D eigenvalue weighted by molar-refractivity contribution is 0.361. The van der Waals surface area contributed by atoms with Gasteiger partial charge in [0.15, 0.2) is 0 Å². The van der Waals surface area contributed by atoms with Crippen molar-refractivity contribution in [3.63, 3.8) is 0 Å². The number of allylic oxidation sites excluding steroid dienone is 1. The first kappa shape index (κ1) is 16.2. The standard InChI is InChI=1S/C24H27N/c1-17-12-13-22-20(15-17)18(2)16-23(3,4)25(22)24(5)14-8-10-19-9-6-7-11-21(19)24/h6-13,15-16H,14H2,1-5H3. The summed E-state index contributed by atoms with van der Waals surface area (Å²) in [6.45, 7) is 11.5. The van der Waals surface area contributed by atoms with Gasteiger partial charge in [-0.05, 0) is 69.9 Å². The highest BCUT2D eigenvalue weighted by Gasteiger charge is 2.45. The molecule has 0 N–H and O–H groups in total. The minimum absolute atomic E-state index is 0.0423. The van der Waals surface area contributed by atoms with Crippen LogP contribution >= 0.6 is 0 Å². The second kappa shape index (κ2) is 5.36. The van der Waals surface area contributed by atoms with E-state index in [1.165, 1.54) is 33.5 Å². The van der Waals surface area contributed by atoms with Gasteiger partial charge < -0.3 is 4.90 Å². The Labute approximate surface area is 151 Å². The molecule has 0 saturated heterocycles. The maximum Gasteiger partial charge on any atom is 0.0674 e. The highest BCUT2D eigenvalue weighted by molar-refractivity contribution is 5.83. The Morgan fingerprint density at radius 3 is 2.52 bits per heavy atom. The van der Waals surface area contributed by atoms with Crippen molar-refractivity contribution in [2.24, 2.45) is 0 Å². The van der Waals surface area contributed by atoms with Gasteiger partial charge in [-0.15, -0.1) is 0 Å². The van der Waals surface area contributed by atoms with Crippen LogP contribution in [0.5, 0.6) is 0 Å². The molecule has 0 amide bonds. The minimum atomic E-state index is -0.0595. The van der Waals surface area contributed by atoms with Crippen LogP contribution in [0.25, 0.3) is 11.6 Å².